The normalized spacial score (nSPS) is 26.2. The van der Waals surface area contributed by atoms with Crippen LogP contribution in [0.3, 0.4) is 0 Å². The minimum atomic E-state index is -0.308. The zero-order chi connectivity index (χ0) is 16.2. The van der Waals surface area contributed by atoms with Gasteiger partial charge in [0.1, 0.15) is 11.1 Å². The van der Waals surface area contributed by atoms with Gasteiger partial charge in [0.25, 0.3) is 0 Å². The fourth-order valence-corrected chi connectivity index (χ4v) is 3.79. The van der Waals surface area contributed by atoms with Crippen molar-refractivity contribution in [2.24, 2.45) is 11.7 Å². The third-order valence-corrected chi connectivity index (χ3v) is 5.28. The Labute approximate surface area is 139 Å². The lowest BCUT2D eigenvalue weighted by atomic mass is 9.97. The van der Waals surface area contributed by atoms with Crippen molar-refractivity contribution >= 4 is 23.2 Å². The number of nitrogens with zero attached hydrogens (tertiary/aromatic N) is 3. The molecule has 1 aromatic heterocycles. The highest BCUT2D eigenvalue weighted by atomic mass is 32.1. The van der Waals surface area contributed by atoms with E-state index in [0.29, 0.717) is 32.8 Å². The number of hydrogen-bond donors (Lipinski definition) is 1. The molecule has 23 heavy (non-hydrogen) atoms. The number of hydrogen-bond acceptors (Lipinski definition) is 6. The van der Waals surface area contributed by atoms with Crippen LogP contribution in [-0.2, 0) is 14.3 Å². The molecule has 0 bridgehead atoms. The Bertz CT molecular complexity index is 551. The molecule has 0 radical (unpaired) electrons. The summed E-state index contributed by atoms with van der Waals surface area (Å²) < 4.78 is 5.75. The summed E-state index contributed by atoms with van der Waals surface area (Å²) in [6, 6.07) is 0. The molecule has 2 saturated heterocycles. The number of amides is 2. The molecule has 126 valence electrons. The predicted octanol–water partition coefficient (Wildman–Crippen LogP) is 0.240. The van der Waals surface area contributed by atoms with Crippen LogP contribution in [0.15, 0.2) is 11.6 Å². The molecule has 3 heterocycles. The Morgan fingerprint density at radius 3 is 3.00 bits per heavy atom. The van der Waals surface area contributed by atoms with E-state index in [1.165, 1.54) is 0 Å². The molecule has 3 rings (SSSR count). The summed E-state index contributed by atoms with van der Waals surface area (Å²) >= 11 is 1.57. The molecule has 2 aliphatic rings. The lowest BCUT2D eigenvalue weighted by molar-refractivity contribution is -0.137. The lowest BCUT2D eigenvalue weighted by Gasteiger charge is -2.35. The number of rotatable bonds is 4. The first-order valence-corrected chi connectivity index (χ1v) is 8.82. The summed E-state index contributed by atoms with van der Waals surface area (Å²) in [5.41, 5.74) is 5.38. The number of aromatic nitrogens is 1. The van der Waals surface area contributed by atoms with Crippen molar-refractivity contribution in [3.63, 3.8) is 0 Å². The summed E-state index contributed by atoms with van der Waals surface area (Å²) in [5.74, 6) is -0.450. The minimum absolute atomic E-state index is 0.0590. The Morgan fingerprint density at radius 1 is 1.39 bits per heavy atom. The molecule has 2 fully saturated rings. The zero-order valence-electron chi connectivity index (χ0n) is 13.0. The fraction of sp³-hybridized carbons (Fsp3) is 0.667. The number of carbonyl (C=O) groups excluding carboxylic acids is 2. The molecule has 2 amide bonds. The third-order valence-electron chi connectivity index (χ3n) is 4.41. The van der Waals surface area contributed by atoms with Gasteiger partial charge in [0.2, 0.25) is 11.8 Å². The molecule has 2 aliphatic heterocycles. The second-order valence-electron chi connectivity index (χ2n) is 6.05. The van der Waals surface area contributed by atoms with Crippen LogP contribution in [0.4, 0.5) is 0 Å². The van der Waals surface area contributed by atoms with Crippen molar-refractivity contribution in [3.8, 4) is 0 Å². The summed E-state index contributed by atoms with van der Waals surface area (Å²) in [6.45, 7) is 3.53. The second-order valence-corrected chi connectivity index (χ2v) is 6.97. The van der Waals surface area contributed by atoms with Crippen LogP contribution in [0.1, 0.15) is 24.0 Å². The van der Waals surface area contributed by atoms with Crippen molar-refractivity contribution in [3.05, 3.63) is 16.6 Å². The van der Waals surface area contributed by atoms with E-state index in [4.69, 9.17) is 10.5 Å². The summed E-state index contributed by atoms with van der Waals surface area (Å²) in [7, 11) is 0. The summed E-state index contributed by atoms with van der Waals surface area (Å²) in [4.78, 5) is 32.0. The molecule has 0 aromatic carbocycles. The Balaban J connectivity index is 1.54. The topological polar surface area (TPSA) is 88.8 Å². The molecule has 2 N–H and O–H groups in total. The van der Waals surface area contributed by atoms with E-state index in [-0.39, 0.29) is 23.8 Å². The SMILES string of the molecule is NC(=O)[C@H]1CCCN(C(=O)CN2CCO[C@H](c3nccs3)C2)C1. The Hall–Kier alpha value is -1.51. The van der Waals surface area contributed by atoms with Crippen molar-refractivity contribution in [1.82, 2.24) is 14.8 Å². The van der Waals surface area contributed by atoms with Gasteiger partial charge in [-0.05, 0) is 12.8 Å². The van der Waals surface area contributed by atoms with Gasteiger partial charge in [0, 0.05) is 37.8 Å². The van der Waals surface area contributed by atoms with Crippen LogP contribution in [0.5, 0.6) is 0 Å². The standard InChI is InChI=1S/C15H22N4O3S/c16-14(21)11-2-1-4-19(8-11)13(20)10-18-5-6-22-12(9-18)15-17-3-7-23-15/h3,7,11-12H,1-2,4-6,8-10H2,(H2,16,21)/t11-,12-/m0/s1. The molecule has 0 aliphatic carbocycles. The number of piperidine rings is 1. The molecule has 0 unspecified atom stereocenters. The van der Waals surface area contributed by atoms with Crippen LogP contribution in [0.2, 0.25) is 0 Å². The molecular formula is C15H22N4O3S. The minimum Gasteiger partial charge on any atom is -0.369 e. The summed E-state index contributed by atoms with van der Waals surface area (Å²) in [6.07, 6.45) is 3.33. The molecule has 2 atom stereocenters. The van der Waals surface area contributed by atoms with Crippen molar-refractivity contribution in [2.75, 3.05) is 39.3 Å². The van der Waals surface area contributed by atoms with Gasteiger partial charge in [-0.25, -0.2) is 4.98 Å². The largest absolute Gasteiger partial charge is 0.369 e. The number of nitrogens with two attached hydrogens (primary N) is 1. The predicted molar refractivity (Wildman–Crippen MR) is 85.7 cm³/mol. The highest BCUT2D eigenvalue weighted by molar-refractivity contribution is 7.09. The molecule has 7 nitrogen and oxygen atoms in total. The van der Waals surface area contributed by atoms with Crippen molar-refractivity contribution < 1.29 is 14.3 Å². The van der Waals surface area contributed by atoms with Crippen LogP contribution in [0, 0.1) is 5.92 Å². The molecule has 8 heteroatoms. The third kappa shape index (κ3) is 4.07. The summed E-state index contributed by atoms with van der Waals surface area (Å²) in [5, 5.41) is 2.88. The highest BCUT2D eigenvalue weighted by Crippen LogP contribution is 2.24. The van der Waals surface area contributed by atoms with E-state index in [1.807, 2.05) is 5.38 Å². The first-order chi connectivity index (χ1) is 11.1. The number of thiazole rings is 1. The quantitative estimate of drug-likeness (QED) is 0.849. The van der Waals surface area contributed by atoms with Crippen molar-refractivity contribution in [1.29, 1.82) is 0 Å². The van der Waals surface area contributed by atoms with Gasteiger partial charge in [-0.3, -0.25) is 14.5 Å². The molecule has 0 spiro atoms. The number of likely N-dealkylation sites (tertiary alicyclic amines) is 1. The van der Waals surface area contributed by atoms with Gasteiger partial charge in [-0.1, -0.05) is 0 Å². The van der Waals surface area contributed by atoms with E-state index in [0.717, 1.165) is 24.4 Å². The second kappa shape index (κ2) is 7.37. The van der Waals surface area contributed by atoms with E-state index >= 15 is 0 Å². The van der Waals surface area contributed by atoms with Crippen LogP contribution >= 0.6 is 11.3 Å². The van der Waals surface area contributed by atoms with Crippen molar-refractivity contribution in [2.45, 2.75) is 18.9 Å². The smallest absolute Gasteiger partial charge is 0.236 e. The van der Waals surface area contributed by atoms with Crippen LogP contribution in [-0.4, -0.2) is 65.9 Å². The number of morpholine rings is 1. The zero-order valence-corrected chi connectivity index (χ0v) is 13.8. The number of ether oxygens (including phenoxy) is 1. The highest BCUT2D eigenvalue weighted by Gasteiger charge is 2.30. The van der Waals surface area contributed by atoms with Gasteiger partial charge >= 0.3 is 0 Å². The van der Waals surface area contributed by atoms with Gasteiger partial charge in [-0.15, -0.1) is 11.3 Å². The van der Waals surface area contributed by atoms with Crippen LogP contribution < -0.4 is 5.73 Å². The van der Waals surface area contributed by atoms with E-state index < -0.39 is 0 Å². The maximum atomic E-state index is 12.5. The average molecular weight is 338 g/mol. The Kier molecular flexibility index (Phi) is 5.24. The maximum absolute atomic E-state index is 12.5. The molecule has 1 aromatic rings. The fourth-order valence-electron chi connectivity index (χ4n) is 3.12. The lowest BCUT2D eigenvalue weighted by Crippen LogP contribution is -2.49. The monoisotopic (exact) mass is 338 g/mol. The number of primary amides is 1. The number of carbonyl (C=O) groups is 2. The first kappa shape index (κ1) is 16.4. The van der Waals surface area contributed by atoms with Gasteiger partial charge in [0.15, 0.2) is 0 Å². The van der Waals surface area contributed by atoms with E-state index in [2.05, 4.69) is 9.88 Å². The first-order valence-electron chi connectivity index (χ1n) is 7.94. The van der Waals surface area contributed by atoms with Gasteiger partial charge < -0.3 is 15.4 Å². The molecular weight excluding hydrogens is 316 g/mol. The Morgan fingerprint density at radius 2 is 2.26 bits per heavy atom. The molecule has 0 saturated carbocycles. The van der Waals surface area contributed by atoms with Gasteiger partial charge in [-0.2, -0.15) is 0 Å². The maximum Gasteiger partial charge on any atom is 0.236 e. The van der Waals surface area contributed by atoms with E-state index in [9.17, 15) is 9.59 Å². The van der Waals surface area contributed by atoms with Gasteiger partial charge in [0.05, 0.1) is 19.1 Å². The average Bonchev–Trinajstić information content (AvgIpc) is 3.10. The van der Waals surface area contributed by atoms with E-state index in [1.54, 1.807) is 22.4 Å². The van der Waals surface area contributed by atoms with Crippen LogP contribution in [0.25, 0.3) is 0 Å².